The predicted molar refractivity (Wildman–Crippen MR) is 106 cm³/mol. The van der Waals surface area contributed by atoms with Gasteiger partial charge in [-0.1, -0.05) is 68.4 Å². The molecule has 0 aliphatic carbocycles. The molecular formula is C24H22N2O. The summed E-state index contributed by atoms with van der Waals surface area (Å²) < 4.78 is 6.27. The molecule has 3 heteroatoms. The molecule has 27 heavy (non-hydrogen) atoms. The Morgan fingerprint density at radius 3 is 2.07 bits per heavy atom. The van der Waals surface area contributed by atoms with Gasteiger partial charge in [0, 0.05) is 5.57 Å². The van der Waals surface area contributed by atoms with E-state index in [0.717, 1.165) is 22.3 Å². The zero-order valence-electron chi connectivity index (χ0n) is 16.1. The number of nitriles is 2. The molecule has 0 spiro atoms. The Morgan fingerprint density at radius 2 is 1.56 bits per heavy atom. The molecule has 0 saturated carbocycles. The van der Waals surface area contributed by atoms with Crippen molar-refractivity contribution in [3.05, 3.63) is 82.6 Å². The smallest absolute Gasteiger partial charge is 0.154 e. The van der Waals surface area contributed by atoms with Gasteiger partial charge in [0.05, 0.1) is 17.2 Å². The second-order valence-corrected chi connectivity index (χ2v) is 7.20. The fraction of sp³-hybridized carbons (Fsp3) is 0.250. The van der Waals surface area contributed by atoms with Crippen LogP contribution in [0.1, 0.15) is 33.3 Å². The van der Waals surface area contributed by atoms with Crippen LogP contribution in [-0.4, -0.2) is 0 Å². The zero-order valence-corrected chi connectivity index (χ0v) is 16.1. The van der Waals surface area contributed by atoms with E-state index in [1.807, 2.05) is 37.3 Å². The SMILES string of the molecule is C/C(C#N)=C1/OC(C)(c2ccc(-c3ccccc3)cc2)C(C(C)C)=C1C#N. The predicted octanol–water partition coefficient (Wildman–Crippen LogP) is 5.87. The van der Waals surface area contributed by atoms with Crippen LogP contribution < -0.4 is 0 Å². The summed E-state index contributed by atoms with van der Waals surface area (Å²) in [5.74, 6) is 0.515. The highest BCUT2D eigenvalue weighted by Gasteiger charge is 2.45. The molecule has 0 N–H and O–H groups in total. The van der Waals surface area contributed by atoms with Gasteiger partial charge in [-0.05, 0) is 36.5 Å². The summed E-state index contributed by atoms with van der Waals surface area (Å²) in [7, 11) is 0. The summed E-state index contributed by atoms with van der Waals surface area (Å²) in [6.45, 7) is 7.78. The van der Waals surface area contributed by atoms with Crippen LogP contribution in [0, 0.1) is 28.6 Å². The number of ether oxygens (including phenoxy) is 1. The maximum Gasteiger partial charge on any atom is 0.154 e. The van der Waals surface area contributed by atoms with E-state index >= 15 is 0 Å². The summed E-state index contributed by atoms with van der Waals surface area (Å²) >= 11 is 0. The first kappa shape index (κ1) is 18.5. The third-order valence-corrected chi connectivity index (χ3v) is 5.06. The fourth-order valence-electron chi connectivity index (χ4n) is 3.76. The van der Waals surface area contributed by atoms with E-state index in [0.29, 0.717) is 16.9 Å². The van der Waals surface area contributed by atoms with Crippen molar-refractivity contribution in [2.75, 3.05) is 0 Å². The minimum atomic E-state index is -0.762. The van der Waals surface area contributed by atoms with Gasteiger partial charge in [0.15, 0.2) is 11.4 Å². The van der Waals surface area contributed by atoms with E-state index in [1.54, 1.807) is 6.92 Å². The Morgan fingerprint density at radius 1 is 0.963 bits per heavy atom. The molecule has 3 nitrogen and oxygen atoms in total. The van der Waals surface area contributed by atoms with Gasteiger partial charge in [0.1, 0.15) is 6.07 Å². The molecule has 0 aromatic heterocycles. The van der Waals surface area contributed by atoms with Gasteiger partial charge in [-0.25, -0.2) is 0 Å². The van der Waals surface area contributed by atoms with Crippen molar-refractivity contribution in [3.8, 4) is 23.3 Å². The Kier molecular flexibility index (Phi) is 4.89. The van der Waals surface area contributed by atoms with Gasteiger partial charge in [-0.15, -0.1) is 0 Å². The lowest BCUT2D eigenvalue weighted by Crippen LogP contribution is -2.26. The first-order valence-corrected chi connectivity index (χ1v) is 9.03. The average Bonchev–Trinajstić information content (AvgIpc) is 3.02. The van der Waals surface area contributed by atoms with E-state index in [2.05, 4.69) is 50.3 Å². The maximum atomic E-state index is 9.74. The molecule has 0 radical (unpaired) electrons. The Balaban J connectivity index is 2.11. The number of hydrogen-bond donors (Lipinski definition) is 0. The molecular weight excluding hydrogens is 332 g/mol. The van der Waals surface area contributed by atoms with Crippen LogP contribution in [-0.2, 0) is 10.3 Å². The number of hydrogen-bond acceptors (Lipinski definition) is 3. The van der Waals surface area contributed by atoms with E-state index < -0.39 is 5.60 Å². The first-order valence-electron chi connectivity index (χ1n) is 9.03. The van der Waals surface area contributed by atoms with Crippen molar-refractivity contribution in [2.24, 2.45) is 5.92 Å². The van der Waals surface area contributed by atoms with Crippen molar-refractivity contribution in [1.29, 1.82) is 10.5 Å². The quantitative estimate of drug-likeness (QED) is 0.647. The minimum Gasteiger partial charge on any atom is -0.476 e. The zero-order chi connectivity index (χ0) is 19.6. The second kappa shape index (κ2) is 7.14. The Labute approximate surface area is 160 Å². The van der Waals surface area contributed by atoms with Crippen LogP contribution in [0.5, 0.6) is 0 Å². The van der Waals surface area contributed by atoms with E-state index in [4.69, 9.17) is 4.74 Å². The molecule has 0 fully saturated rings. The Bertz CT molecular complexity index is 999. The highest BCUT2D eigenvalue weighted by atomic mass is 16.5. The molecule has 0 amide bonds. The van der Waals surface area contributed by atoms with Crippen molar-refractivity contribution in [2.45, 2.75) is 33.3 Å². The molecule has 134 valence electrons. The van der Waals surface area contributed by atoms with Crippen LogP contribution in [0.2, 0.25) is 0 Å². The molecule has 0 bridgehead atoms. The molecule has 1 atom stereocenters. The molecule has 3 rings (SSSR count). The van der Waals surface area contributed by atoms with Gasteiger partial charge < -0.3 is 4.74 Å². The molecule has 1 aliphatic heterocycles. The first-order chi connectivity index (χ1) is 12.9. The topological polar surface area (TPSA) is 56.8 Å². The minimum absolute atomic E-state index is 0.113. The molecule has 1 unspecified atom stereocenters. The summed E-state index contributed by atoms with van der Waals surface area (Å²) in [4.78, 5) is 0. The van der Waals surface area contributed by atoms with E-state index in [9.17, 15) is 10.5 Å². The van der Waals surface area contributed by atoms with Crippen molar-refractivity contribution in [1.82, 2.24) is 0 Å². The van der Waals surface area contributed by atoms with Crippen molar-refractivity contribution in [3.63, 3.8) is 0 Å². The molecule has 2 aromatic carbocycles. The largest absolute Gasteiger partial charge is 0.476 e. The third-order valence-electron chi connectivity index (χ3n) is 5.06. The van der Waals surface area contributed by atoms with Gasteiger partial charge >= 0.3 is 0 Å². The van der Waals surface area contributed by atoms with Gasteiger partial charge in [-0.2, -0.15) is 10.5 Å². The summed E-state index contributed by atoms with van der Waals surface area (Å²) in [6, 6.07) is 22.8. The van der Waals surface area contributed by atoms with Crippen molar-refractivity contribution >= 4 is 0 Å². The molecule has 1 aliphatic rings. The van der Waals surface area contributed by atoms with Gasteiger partial charge in [0.25, 0.3) is 0 Å². The van der Waals surface area contributed by atoms with Crippen LogP contribution in [0.4, 0.5) is 0 Å². The van der Waals surface area contributed by atoms with Gasteiger partial charge in [0.2, 0.25) is 0 Å². The summed E-state index contributed by atoms with van der Waals surface area (Å²) in [6.07, 6.45) is 0. The lowest BCUT2D eigenvalue weighted by atomic mass is 9.80. The summed E-state index contributed by atoms with van der Waals surface area (Å²) in [5.41, 5.74) is 4.32. The molecule has 1 heterocycles. The number of rotatable bonds is 3. The molecule has 2 aromatic rings. The van der Waals surface area contributed by atoms with Crippen LogP contribution in [0.25, 0.3) is 11.1 Å². The lowest BCUT2D eigenvalue weighted by molar-refractivity contribution is 0.0657. The summed E-state index contributed by atoms with van der Waals surface area (Å²) in [5, 5.41) is 19.1. The van der Waals surface area contributed by atoms with E-state index in [-0.39, 0.29) is 5.92 Å². The highest BCUT2D eigenvalue weighted by Crippen LogP contribution is 2.49. The normalized spacial score (nSPS) is 20.9. The third kappa shape index (κ3) is 3.14. The fourth-order valence-corrected chi connectivity index (χ4v) is 3.76. The highest BCUT2D eigenvalue weighted by molar-refractivity contribution is 5.64. The number of allylic oxidation sites excluding steroid dienone is 2. The Hall–Kier alpha value is -3.30. The maximum absolute atomic E-state index is 9.74. The monoisotopic (exact) mass is 354 g/mol. The second-order valence-electron chi connectivity index (χ2n) is 7.20. The van der Waals surface area contributed by atoms with Crippen LogP contribution >= 0.6 is 0 Å². The standard InChI is InChI=1S/C24H22N2O/c1-16(2)22-21(15-26)23(17(3)14-25)27-24(22,4)20-12-10-19(11-13-20)18-8-6-5-7-9-18/h5-13,16H,1-4H3/b23-17-. The van der Waals surface area contributed by atoms with E-state index in [1.165, 1.54) is 0 Å². The number of benzene rings is 2. The van der Waals surface area contributed by atoms with Crippen molar-refractivity contribution < 1.29 is 4.74 Å². The average molecular weight is 354 g/mol. The van der Waals surface area contributed by atoms with Gasteiger partial charge in [-0.3, -0.25) is 0 Å². The van der Waals surface area contributed by atoms with Crippen LogP contribution in [0.15, 0.2) is 77.1 Å². The molecule has 0 saturated heterocycles. The number of nitrogens with zero attached hydrogens (tertiary/aromatic N) is 2. The lowest BCUT2D eigenvalue weighted by Gasteiger charge is -2.30. The van der Waals surface area contributed by atoms with Crippen LogP contribution in [0.3, 0.4) is 0 Å².